The van der Waals surface area contributed by atoms with Gasteiger partial charge in [-0.2, -0.15) is 0 Å². The van der Waals surface area contributed by atoms with Gasteiger partial charge in [-0.3, -0.25) is 10.2 Å². The third-order valence-corrected chi connectivity index (χ3v) is 5.71. The minimum Gasteiger partial charge on any atom is -0.623 e. The van der Waals surface area contributed by atoms with Crippen molar-refractivity contribution >= 4 is 22.9 Å². The van der Waals surface area contributed by atoms with Gasteiger partial charge in [-0.15, -0.1) is 0 Å². The van der Waals surface area contributed by atoms with Gasteiger partial charge in [-0.25, -0.2) is 10.1 Å². The van der Waals surface area contributed by atoms with E-state index in [0.717, 1.165) is 23.5 Å². The van der Waals surface area contributed by atoms with Gasteiger partial charge in [0.15, 0.2) is 28.7 Å². The maximum absolute atomic E-state index is 13.0. The molecule has 2 atom stereocenters. The van der Waals surface area contributed by atoms with E-state index in [1.54, 1.807) is 43.5 Å². The molecule has 32 heavy (non-hydrogen) atoms. The van der Waals surface area contributed by atoms with Gasteiger partial charge in [0.25, 0.3) is 0 Å². The van der Waals surface area contributed by atoms with Crippen LogP contribution in [0.1, 0.15) is 25.3 Å². The van der Waals surface area contributed by atoms with Gasteiger partial charge in [0.05, 0.1) is 19.4 Å². The number of hydrogen-bond donors (Lipinski definition) is 2. The molecular weight excluding hydrogens is 408 g/mol. The molecule has 0 aromatic heterocycles. The molecule has 2 N–H and O–H groups in total. The average molecular weight is 432 g/mol. The zero-order chi connectivity index (χ0) is 22.2. The Kier molecular flexibility index (Phi) is 5.26. The second-order valence-corrected chi connectivity index (χ2v) is 7.77. The molecule has 0 amide bonds. The lowest BCUT2D eigenvalue weighted by Gasteiger charge is -2.37. The Balaban J connectivity index is 1.46. The van der Waals surface area contributed by atoms with Crippen molar-refractivity contribution in [3.8, 4) is 11.5 Å². The van der Waals surface area contributed by atoms with Crippen LogP contribution < -0.4 is 19.6 Å². The zero-order valence-corrected chi connectivity index (χ0v) is 17.9. The fraction of sp³-hybridized carbons (Fsp3) is 0.250. The van der Waals surface area contributed by atoms with E-state index in [0.29, 0.717) is 52.4 Å². The second kappa shape index (κ2) is 8.23. The molecule has 0 fully saturated rings. The van der Waals surface area contributed by atoms with E-state index in [9.17, 15) is 10.4 Å². The number of nitrogens with zero attached hydrogens (tertiary/aromatic N) is 3. The van der Waals surface area contributed by atoms with Crippen molar-refractivity contribution in [2.45, 2.75) is 25.8 Å². The van der Waals surface area contributed by atoms with Crippen LogP contribution >= 0.6 is 0 Å². The van der Waals surface area contributed by atoms with E-state index in [2.05, 4.69) is 11.9 Å². The number of ether oxygens (including phenoxy) is 2. The van der Waals surface area contributed by atoms with Crippen LogP contribution in [-0.4, -0.2) is 36.5 Å². The lowest BCUT2D eigenvalue weighted by atomic mass is 10.00. The number of unbranched alkanes of at least 4 members (excludes halogenated alkanes) is 1. The maximum Gasteiger partial charge on any atom is 0.162 e. The molecule has 8 heteroatoms. The fourth-order valence-corrected chi connectivity index (χ4v) is 4.00. The largest absolute Gasteiger partial charge is 0.623 e. The molecule has 2 aliphatic heterocycles. The van der Waals surface area contributed by atoms with E-state index in [1.807, 2.05) is 18.2 Å². The molecule has 2 aromatic rings. The lowest BCUT2D eigenvalue weighted by Crippen LogP contribution is -3.01. The molecule has 8 nitrogen and oxygen atoms in total. The number of hydrogen-bond acceptors (Lipinski definition) is 7. The Hall–Kier alpha value is -3.46. The molecule has 0 saturated heterocycles. The van der Waals surface area contributed by atoms with E-state index in [1.165, 1.54) is 0 Å². The van der Waals surface area contributed by atoms with Crippen molar-refractivity contribution in [3.05, 3.63) is 76.8 Å². The number of rotatable bonds is 6. The molecular formula is C24H24N4O4. The first-order valence-electron chi connectivity index (χ1n) is 10.6. The van der Waals surface area contributed by atoms with Gasteiger partial charge in [-0.1, -0.05) is 25.5 Å². The SMILES string of the molecule is CCCCOc1ccc(C2=NC3C=C4C(=CC3=N2)N(O)c2ccccc2[NH+]4[O-])cc1OC. The number of nitrogens with one attached hydrogen (secondary N) is 1. The molecule has 3 aliphatic rings. The van der Waals surface area contributed by atoms with Crippen molar-refractivity contribution in [2.24, 2.45) is 9.98 Å². The number of methoxy groups -OCH3 is 1. The Morgan fingerprint density at radius 1 is 1.19 bits per heavy atom. The molecule has 2 unspecified atom stereocenters. The minimum atomic E-state index is -0.377. The number of anilines is 1. The van der Waals surface area contributed by atoms with Crippen molar-refractivity contribution in [2.75, 3.05) is 18.8 Å². The second-order valence-electron chi connectivity index (χ2n) is 7.77. The summed E-state index contributed by atoms with van der Waals surface area (Å²) in [4.78, 5) is 9.38. The number of amidine groups is 1. The van der Waals surface area contributed by atoms with Gasteiger partial charge in [-0.05, 0) is 36.8 Å². The molecule has 0 bridgehead atoms. The third-order valence-electron chi connectivity index (χ3n) is 5.71. The lowest BCUT2D eigenvalue weighted by molar-refractivity contribution is -0.729. The number of benzene rings is 2. The number of para-hydroxylation sites is 2. The summed E-state index contributed by atoms with van der Waals surface area (Å²) in [5.74, 6) is 1.85. The van der Waals surface area contributed by atoms with Gasteiger partial charge < -0.3 is 19.7 Å². The standard InChI is InChI=1S/C24H24N4O4/c1-3-4-11-32-22-10-9-15(12-23(22)31-2)24-25-16-13-20-21(14-17(16)26-24)28(30)19-8-6-5-7-18(19)27(20)29/h5-10,12-14,16,27,30H,3-4,11H2,1-2H3. The van der Waals surface area contributed by atoms with Crippen LogP contribution in [0.4, 0.5) is 11.4 Å². The normalized spacial score (nSPS) is 20.9. The highest BCUT2D eigenvalue weighted by atomic mass is 16.5. The number of hydroxylamine groups is 2. The first-order chi connectivity index (χ1) is 15.6. The Bertz CT molecular complexity index is 1180. The molecule has 1 aliphatic carbocycles. The van der Waals surface area contributed by atoms with Crippen LogP contribution in [0.5, 0.6) is 11.5 Å². The van der Waals surface area contributed by atoms with Crippen LogP contribution in [0.25, 0.3) is 0 Å². The summed E-state index contributed by atoms with van der Waals surface area (Å²) in [6.45, 7) is 2.75. The average Bonchev–Trinajstić information content (AvgIpc) is 3.25. The van der Waals surface area contributed by atoms with Gasteiger partial charge >= 0.3 is 0 Å². The maximum atomic E-state index is 13.0. The van der Waals surface area contributed by atoms with Crippen LogP contribution in [-0.2, 0) is 0 Å². The van der Waals surface area contributed by atoms with Gasteiger partial charge in [0.1, 0.15) is 17.4 Å². The van der Waals surface area contributed by atoms with Crippen LogP contribution in [0.15, 0.2) is 76.0 Å². The summed E-state index contributed by atoms with van der Waals surface area (Å²) in [6, 6.07) is 12.2. The van der Waals surface area contributed by atoms with E-state index < -0.39 is 0 Å². The predicted octanol–water partition coefficient (Wildman–Crippen LogP) is 3.15. The van der Waals surface area contributed by atoms with Crippen molar-refractivity contribution < 1.29 is 19.7 Å². The quantitative estimate of drug-likeness (QED) is 0.540. The van der Waals surface area contributed by atoms with Gasteiger partial charge in [0.2, 0.25) is 0 Å². The first kappa shape index (κ1) is 20.4. The Morgan fingerprint density at radius 2 is 2.03 bits per heavy atom. The van der Waals surface area contributed by atoms with Crippen molar-refractivity contribution in [3.63, 3.8) is 0 Å². The summed E-state index contributed by atoms with van der Waals surface area (Å²) in [5.41, 5.74) is 3.23. The highest BCUT2D eigenvalue weighted by Crippen LogP contribution is 2.35. The molecule has 0 spiro atoms. The Morgan fingerprint density at radius 3 is 2.84 bits per heavy atom. The van der Waals surface area contributed by atoms with Gasteiger partial charge in [0, 0.05) is 17.7 Å². The van der Waals surface area contributed by atoms with E-state index in [-0.39, 0.29) is 11.1 Å². The first-order valence-corrected chi connectivity index (χ1v) is 10.6. The minimum absolute atomic E-state index is 0.130. The summed E-state index contributed by atoms with van der Waals surface area (Å²) in [6.07, 6.45) is 5.52. The molecule has 0 radical (unpaired) electrons. The fourth-order valence-electron chi connectivity index (χ4n) is 4.00. The summed E-state index contributed by atoms with van der Waals surface area (Å²) in [5, 5.41) is 24.6. The molecule has 2 heterocycles. The van der Waals surface area contributed by atoms with Crippen LogP contribution in [0.3, 0.4) is 0 Å². The smallest absolute Gasteiger partial charge is 0.162 e. The number of quaternary nitrogens is 1. The number of aliphatic imine (C=N–C) groups is 2. The zero-order valence-electron chi connectivity index (χ0n) is 17.9. The topological polar surface area (TPSA) is 94.2 Å². The highest BCUT2D eigenvalue weighted by molar-refractivity contribution is 6.18. The van der Waals surface area contributed by atoms with E-state index in [4.69, 9.17) is 14.5 Å². The van der Waals surface area contributed by atoms with Crippen LogP contribution in [0, 0.1) is 5.21 Å². The third kappa shape index (κ3) is 3.38. The molecule has 0 saturated carbocycles. The van der Waals surface area contributed by atoms with Crippen LogP contribution in [0.2, 0.25) is 0 Å². The predicted molar refractivity (Wildman–Crippen MR) is 122 cm³/mol. The highest BCUT2D eigenvalue weighted by Gasteiger charge is 2.37. The van der Waals surface area contributed by atoms with Crippen molar-refractivity contribution in [1.29, 1.82) is 0 Å². The molecule has 164 valence electrons. The Labute approximate surface area is 186 Å². The van der Waals surface area contributed by atoms with Crippen molar-refractivity contribution in [1.82, 2.24) is 0 Å². The summed E-state index contributed by atoms with van der Waals surface area (Å²) < 4.78 is 11.3. The molecule has 2 aromatic carbocycles. The molecule has 5 rings (SSSR count). The summed E-state index contributed by atoms with van der Waals surface area (Å²) in [7, 11) is 1.60. The van der Waals surface area contributed by atoms with E-state index >= 15 is 0 Å². The number of fused-ring (bicyclic) bond motifs is 3. The summed E-state index contributed by atoms with van der Waals surface area (Å²) >= 11 is 0. The monoisotopic (exact) mass is 432 g/mol.